The Morgan fingerprint density at radius 2 is 2.07 bits per heavy atom. The molecule has 3 rings (SSSR count). The van der Waals surface area contributed by atoms with Crippen molar-refractivity contribution in [3.63, 3.8) is 0 Å². The SMILES string of the molecule is Cc1ccc([C@@H](C)Nc2c(Nc3cccc(C(=O)N(C)C)c3O)no[n+]2[O-])o1. The van der Waals surface area contributed by atoms with Crippen molar-refractivity contribution in [2.45, 2.75) is 19.9 Å². The van der Waals surface area contributed by atoms with E-state index >= 15 is 0 Å². The number of hydrogen-bond acceptors (Lipinski definition) is 8. The van der Waals surface area contributed by atoms with Crippen molar-refractivity contribution in [2.75, 3.05) is 24.7 Å². The summed E-state index contributed by atoms with van der Waals surface area (Å²) in [5, 5.41) is 31.9. The van der Waals surface area contributed by atoms with Gasteiger partial charge in [0.1, 0.15) is 17.6 Å². The van der Waals surface area contributed by atoms with Crippen molar-refractivity contribution in [3.05, 3.63) is 52.6 Å². The fourth-order valence-corrected chi connectivity index (χ4v) is 2.60. The van der Waals surface area contributed by atoms with E-state index in [9.17, 15) is 15.1 Å². The van der Waals surface area contributed by atoms with Crippen LogP contribution >= 0.6 is 0 Å². The van der Waals surface area contributed by atoms with Gasteiger partial charge in [-0.3, -0.25) is 10.1 Å². The van der Waals surface area contributed by atoms with Crippen LogP contribution in [0, 0.1) is 12.1 Å². The van der Waals surface area contributed by atoms with Crippen LogP contribution in [0.15, 0.2) is 39.4 Å². The molecule has 148 valence electrons. The number of hydrogen-bond donors (Lipinski definition) is 3. The van der Waals surface area contributed by atoms with Crippen molar-refractivity contribution in [3.8, 4) is 5.75 Å². The average Bonchev–Trinajstić information content (AvgIpc) is 3.23. The molecule has 1 aromatic carbocycles. The Kier molecular flexibility index (Phi) is 5.12. The lowest BCUT2D eigenvalue weighted by molar-refractivity contribution is -0.791. The third-order valence-electron chi connectivity index (χ3n) is 4.08. The van der Waals surface area contributed by atoms with Gasteiger partial charge in [0.15, 0.2) is 5.75 Å². The van der Waals surface area contributed by atoms with E-state index in [0.29, 0.717) is 5.76 Å². The van der Waals surface area contributed by atoms with Gasteiger partial charge in [0, 0.05) is 14.1 Å². The highest BCUT2D eigenvalue weighted by Gasteiger charge is 2.24. The van der Waals surface area contributed by atoms with Crippen molar-refractivity contribution in [2.24, 2.45) is 0 Å². The third kappa shape index (κ3) is 3.70. The van der Waals surface area contributed by atoms with E-state index in [1.54, 1.807) is 32.3 Å². The first-order chi connectivity index (χ1) is 13.3. The minimum absolute atomic E-state index is 0.00490. The number of carbonyl (C=O) groups excluding carboxylic acids is 1. The number of amides is 1. The Morgan fingerprint density at radius 1 is 1.32 bits per heavy atom. The van der Waals surface area contributed by atoms with Crippen molar-refractivity contribution >= 4 is 23.2 Å². The second-order valence-corrected chi connectivity index (χ2v) is 6.47. The first-order valence-electron chi connectivity index (χ1n) is 8.51. The van der Waals surface area contributed by atoms with Crippen LogP contribution in [0.5, 0.6) is 5.75 Å². The lowest BCUT2D eigenvalue weighted by Gasteiger charge is -2.14. The first kappa shape index (κ1) is 19.1. The molecule has 0 radical (unpaired) electrons. The molecular weight excluding hydrogens is 366 g/mol. The number of rotatable bonds is 6. The highest BCUT2D eigenvalue weighted by atomic mass is 16.8. The second kappa shape index (κ2) is 7.51. The molecule has 3 N–H and O–H groups in total. The molecule has 10 heteroatoms. The van der Waals surface area contributed by atoms with Crippen LogP contribution in [0.25, 0.3) is 0 Å². The van der Waals surface area contributed by atoms with E-state index in [1.165, 1.54) is 11.0 Å². The standard InChI is InChI=1S/C18H21N5O5/c1-10-8-9-14(27-10)11(2)19-17-16(21-28-23(17)26)20-13-7-5-6-12(15(13)24)18(25)22(3)4/h5-9,11,19,24H,1-4H3,(H,20,21)/t11-/m1/s1. The number of nitrogens with zero attached hydrogens (tertiary/aromatic N) is 3. The van der Waals surface area contributed by atoms with Gasteiger partial charge in [-0.25, -0.2) is 0 Å². The first-order valence-corrected chi connectivity index (χ1v) is 8.51. The molecule has 0 aliphatic heterocycles. The highest BCUT2D eigenvalue weighted by molar-refractivity contribution is 5.98. The van der Waals surface area contributed by atoms with E-state index in [-0.39, 0.29) is 45.5 Å². The molecule has 2 aromatic heterocycles. The molecule has 0 bridgehead atoms. The lowest BCUT2D eigenvalue weighted by Crippen LogP contribution is -2.28. The summed E-state index contributed by atoms with van der Waals surface area (Å²) in [6.45, 7) is 3.63. The summed E-state index contributed by atoms with van der Waals surface area (Å²) in [6.07, 6.45) is 0. The quantitative estimate of drug-likeness (QED) is 0.434. The maximum Gasteiger partial charge on any atom is 0.320 e. The summed E-state index contributed by atoms with van der Waals surface area (Å²) in [6, 6.07) is 7.92. The highest BCUT2D eigenvalue weighted by Crippen LogP contribution is 2.32. The number of nitrogens with one attached hydrogen (secondary N) is 2. The van der Waals surface area contributed by atoms with Crippen LogP contribution in [0.2, 0.25) is 0 Å². The predicted molar refractivity (Wildman–Crippen MR) is 100 cm³/mol. The molecular formula is C18H21N5O5. The normalized spacial score (nSPS) is 11.9. The van der Waals surface area contributed by atoms with Crippen LogP contribution in [-0.4, -0.2) is 35.2 Å². The summed E-state index contributed by atoms with van der Waals surface area (Å²) >= 11 is 0. The molecule has 3 aromatic rings. The van der Waals surface area contributed by atoms with E-state index in [0.717, 1.165) is 5.76 Å². The van der Waals surface area contributed by atoms with Gasteiger partial charge in [-0.05, 0) is 43.3 Å². The topological polar surface area (TPSA) is 131 Å². The Labute approximate surface area is 160 Å². The molecule has 1 amide bonds. The molecule has 28 heavy (non-hydrogen) atoms. The van der Waals surface area contributed by atoms with Crippen molar-refractivity contribution in [1.82, 2.24) is 10.1 Å². The summed E-state index contributed by atoms with van der Waals surface area (Å²) in [7, 11) is 3.17. The van der Waals surface area contributed by atoms with Crippen molar-refractivity contribution in [1.29, 1.82) is 0 Å². The summed E-state index contributed by atoms with van der Waals surface area (Å²) in [5.41, 5.74) is 0.313. The Bertz CT molecular complexity index is 994. The van der Waals surface area contributed by atoms with Gasteiger partial charge in [-0.2, -0.15) is 0 Å². The fraction of sp³-hybridized carbons (Fsp3) is 0.278. The number of anilines is 3. The van der Waals surface area contributed by atoms with Crippen LogP contribution in [0.3, 0.4) is 0 Å². The van der Waals surface area contributed by atoms with E-state index in [4.69, 9.17) is 4.42 Å². The second-order valence-electron chi connectivity index (χ2n) is 6.47. The van der Waals surface area contributed by atoms with Crippen molar-refractivity contribution < 1.29 is 23.9 Å². The molecule has 0 unspecified atom stereocenters. The molecule has 0 fully saturated rings. The summed E-state index contributed by atoms with van der Waals surface area (Å²) in [4.78, 5) is 13.7. The maximum atomic E-state index is 12.2. The van der Waals surface area contributed by atoms with E-state index < -0.39 is 0 Å². The van der Waals surface area contributed by atoms with Gasteiger partial charge in [0.25, 0.3) is 5.91 Å². The van der Waals surface area contributed by atoms with Crippen LogP contribution < -0.4 is 15.5 Å². The smallest absolute Gasteiger partial charge is 0.320 e. The van der Waals surface area contributed by atoms with Crippen LogP contribution in [0.4, 0.5) is 17.3 Å². The minimum atomic E-state index is -0.361. The summed E-state index contributed by atoms with van der Waals surface area (Å²) in [5.74, 6) is 0.809. The number of phenolic OH excluding ortho intramolecular Hbond substituents is 1. The van der Waals surface area contributed by atoms with E-state index in [2.05, 4.69) is 20.4 Å². The zero-order valence-electron chi connectivity index (χ0n) is 15.9. The predicted octanol–water partition coefficient (Wildman–Crippen LogP) is 2.53. The number of phenols is 1. The number of aromatic hydroxyl groups is 1. The Morgan fingerprint density at radius 3 is 2.71 bits per heavy atom. The maximum absolute atomic E-state index is 12.2. The number of benzene rings is 1. The zero-order valence-corrected chi connectivity index (χ0v) is 15.9. The van der Waals surface area contributed by atoms with Gasteiger partial charge in [0.05, 0.1) is 11.3 Å². The van der Waals surface area contributed by atoms with Crippen LogP contribution in [0.1, 0.15) is 34.8 Å². The molecule has 0 saturated heterocycles. The molecule has 1 atom stereocenters. The minimum Gasteiger partial charge on any atom is -0.505 e. The molecule has 0 saturated carbocycles. The van der Waals surface area contributed by atoms with Gasteiger partial charge >= 0.3 is 11.6 Å². The van der Waals surface area contributed by atoms with Crippen LogP contribution in [-0.2, 0) is 0 Å². The van der Waals surface area contributed by atoms with Gasteiger partial charge in [-0.15, -0.1) is 0 Å². The molecule has 0 aliphatic carbocycles. The lowest BCUT2D eigenvalue weighted by atomic mass is 10.1. The summed E-state index contributed by atoms with van der Waals surface area (Å²) < 4.78 is 10.2. The molecule has 0 spiro atoms. The van der Waals surface area contributed by atoms with Gasteiger partial charge in [-0.1, -0.05) is 11.0 Å². The Balaban J connectivity index is 1.86. The molecule has 2 heterocycles. The molecule has 10 nitrogen and oxygen atoms in total. The zero-order chi connectivity index (χ0) is 20.4. The number of aromatic nitrogens is 2. The monoisotopic (exact) mass is 387 g/mol. The van der Waals surface area contributed by atoms with Gasteiger partial charge in [0.2, 0.25) is 0 Å². The number of aryl methyl sites for hydroxylation is 1. The van der Waals surface area contributed by atoms with Gasteiger partial charge < -0.3 is 29.6 Å². The van der Waals surface area contributed by atoms with E-state index in [1.807, 2.05) is 19.9 Å². The Hall–Kier alpha value is -3.69. The number of carbonyl (C=O) groups is 1. The fourth-order valence-electron chi connectivity index (χ4n) is 2.60. The third-order valence-corrected chi connectivity index (χ3v) is 4.08. The average molecular weight is 387 g/mol. The largest absolute Gasteiger partial charge is 0.505 e. The molecule has 0 aliphatic rings. The number of para-hydroxylation sites is 1. The number of furan rings is 1.